The molecule has 3 aromatic rings. The maximum absolute atomic E-state index is 13.9. The predicted octanol–water partition coefficient (Wildman–Crippen LogP) is 16.6. The van der Waals surface area contributed by atoms with Crippen LogP contribution in [0.25, 0.3) is 22.6 Å². The van der Waals surface area contributed by atoms with Crippen LogP contribution >= 0.6 is 0 Å². The number of hydrogen-bond donors (Lipinski definition) is 2. The van der Waals surface area contributed by atoms with Crippen LogP contribution in [0.3, 0.4) is 0 Å². The third-order valence-corrected chi connectivity index (χ3v) is 12.9. The standard InChI is InChI=1S/C55H84N2O5/c1-5-9-11-13-15-17-19-21-23-25-27-29-31-39-45-54(7-3,51(58)59)57(53-56-49(47-41-35-33-36-42-47)50(62-53)48-43-37-34-38-44-48)55(8-4,52(60)61)46-40-32-30-28-26-24-22-20-18-16-14-12-10-6-2/h21-24,33-38,41-44H,5-20,25-32,39-40,45-46H2,1-4H3,(H,58,59)(H,60,61)/b23-21-,24-22-. The van der Waals surface area contributed by atoms with Gasteiger partial charge in [-0.05, 0) is 77.0 Å². The van der Waals surface area contributed by atoms with Gasteiger partial charge in [-0.1, -0.05) is 215 Å². The number of aromatic nitrogens is 1. The van der Waals surface area contributed by atoms with Crippen LogP contribution in [0.5, 0.6) is 0 Å². The Bertz CT molecular complexity index is 1560. The van der Waals surface area contributed by atoms with Gasteiger partial charge in [0, 0.05) is 11.1 Å². The van der Waals surface area contributed by atoms with Gasteiger partial charge in [-0.25, -0.2) is 9.59 Å². The topological polar surface area (TPSA) is 104 Å². The molecule has 344 valence electrons. The second-order valence-corrected chi connectivity index (χ2v) is 17.6. The number of carboxylic acids is 2. The highest BCUT2D eigenvalue weighted by Gasteiger charge is 2.57. The van der Waals surface area contributed by atoms with E-state index in [1.54, 1.807) is 4.90 Å². The minimum atomic E-state index is -1.56. The number of unbranched alkanes of at least 4 members (excludes halogenated alkanes) is 20. The normalized spacial score (nSPS) is 13.7. The van der Waals surface area contributed by atoms with Crippen LogP contribution in [0.2, 0.25) is 0 Å². The third kappa shape index (κ3) is 16.9. The maximum Gasteiger partial charge on any atom is 0.329 e. The number of benzene rings is 2. The zero-order valence-electron chi connectivity index (χ0n) is 39.4. The molecule has 2 N–H and O–H groups in total. The first-order valence-corrected chi connectivity index (χ1v) is 25.0. The van der Waals surface area contributed by atoms with Crippen molar-refractivity contribution in [3.8, 4) is 22.6 Å². The molecule has 1 heterocycles. The summed E-state index contributed by atoms with van der Waals surface area (Å²) < 4.78 is 6.75. The number of anilines is 1. The molecule has 0 spiro atoms. The van der Waals surface area contributed by atoms with E-state index >= 15 is 0 Å². The van der Waals surface area contributed by atoms with Gasteiger partial charge in [0.15, 0.2) is 5.76 Å². The van der Waals surface area contributed by atoms with E-state index in [-0.39, 0.29) is 31.7 Å². The lowest BCUT2D eigenvalue weighted by Crippen LogP contribution is -2.67. The molecule has 0 aliphatic rings. The van der Waals surface area contributed by atoms with Gasteiger partial charge in [0.2, 0.25) is 0 Å². The second-order valence-electron chi connectivity index (χ2n) is 17.6. The van der Waals surface area contributed by atoms with Gasteiger partial charge in [0.05, 0.1) is 0 Å². The molecular formula is C55H84N2O5. The first kappa shape index (κ1) is 52.2. The molecule has 2 unspecified atom stereocenters. The molecule has 0 bridgehead atoms. The first-order valence-electron chi connectivity index (χ1n) is 25.0. The fourth-order valence-corrected chi connectivity index (χ4v) is 8.98. The number of carboxylic acid groups (broad SMARTS) is 2. The molecule has 0 fully saturated rings. The van der Waals surface area contributed by atoms with E-state index in [1.165, 1.54) is 77.0 Å². The van der Waals surface area contributed by atoms with Crippen LogP contribution in [-0.2, 0) is 9.59 Å². The molecule has 0 amide bonds. The smallest absolute Gasteiger partial charge is 0.329 e. The van der Waals surface area contributed by atoms with Crippen LogP contribution in [0.1, 0.15) is 207 Å². The fourth-order valence-electron chi connectivity index (χ4n) is 8.98. The summed E-state index contributed by atoms with van der Waals surface area (Å²) in [4.78, 5) is 34.6. The van der Waals surface area contributed by atoms with Gasteiger partial charge < -0.3 is 14.6 Å². The summed E-state index contributed by atoms with van der Waals surface area (Å²) in [6.45, 7) is 8.25. The molecule has 0 aliphatic carbocycles. The summed E-state index contributed by atoms with van der Waals surface area (Å²) in [5.74, 6) is -1.58. The van der Waals surface area contributed by atoms with Gasteiger partial charge in [-0.2, -0.15) is 4.98 Å². The molecule has 0 saturated heterocycles. The predicted molar refractivity (Wildman–Crippen MR) is 261 cm³/mol. The van der Waals surface area contributed by atoms with Crippen molar-refractivity contribution in [1.82, 2.24) is 4.98 Å². The average molecular weight is 853 g/mol. The molecular weight excluding hydrogens is 769 g/mol. The number of allylic oxidation sites excluding steroid dienone is 4. The Morgan fingerprint density at radius 3 is 1.24 bits per heavy atom. The summed E-state index contributed by atoms with van der Waals surface area (Å²) in [6.07, 6.45) is 37.3. The SMILES string of the molecule is CCCCCCCC/C=C\CCCCCCC(CC)(C(=O)O)N(c1nc(-c2ccccc2)c(-c2ccccc2)o1)C(CC)(CCCCCC/C=C\CCCCCCCC)C(=O)O. The Kier molecular flexibility index (Phi) is 26.0. The number of nitrogens with zero attached hydrogens (tertiary/aromatic N) is 2. The molecule has 3 rings (SSSR count). The Balaban J connectivity index is 1.85. The molecule has 2 aromatic carbocycles. The Morgan fingerprint density at radius 2 is 0.871 bits per heavy atom. The van der Waals surface area contributed by atoms with Crippen molar-refractivity contribution in [3.05, 3.63) is 85.0 Å². The lowest BCUT2D eigenvalue weighted by Gasteiger charge is -2.49. The Hall–Kier alpha value is -4.13. The van der Waals surface area contributed by atoms with Crippen molar-refractivity contribution in [2.24, 2.45) is 0 Å². The van der Waals surface area contributed by atoms with E-state index < -0.39 is 23.0 Å². The fraction of sp³-hybridized carbons (Fsp3) is 0.618. The molecule has 0 saturated carbocycles. The number of hydrogen-bond acceptors (Lipinski definition) is 5. The van der Waals surface area contributed by atoms with Crippen LogP contribution in [-0.4, -0.2) is 38.2 Å². The first-order chi connectivity index (χ1) is 30.3. The molecule has 62 heavy (non-hydrogen) atoms. The molecule has 1 aromatic heterocycles. The number of oxazole rings is 1. The zero-order chi connectivity index (χ0) is 44.7. The number of aliphatic carboxylic acids is 2. The average Bonchev–Trinajstić information content (AvgIpc) is 3.73. The van der Waals surface area contributed by atoms with E-state index in [0.29, 0.717) is 24.3 Å². The lowest BCUT2D eigenvalue weighted by atomic mass is 9.78. The number of rotatable bonds is 37. The van der Waals surface area contributed by atoms with E-state index in [9.17, 15) is 19.8 Å². The van der Waals surface area contributed by atoms with Crippen LogP contribution < -0.4 is 4.90 Å². The minimum absolute atomic E-state index is 0.0576. The van der Waals surface area contributed by atoms with E-state index in [0.717, 1.165) is 75.3 Å². The molecule has 2 atom stereocenters. The van der Waals surface area contributed by atoms with Crippen molar-refractivity contribution in [1.29, 1.82) is 0 Å². The van der Waals surface area contributed by atoms with Crippen molar-refractivity contribution in [3.63, 3.8) is 0 Å². The van der Waals surface area contributed by atoms with Crippen molar-refractivity contribution in [2.45, 2.75) is 219 Å². The highest BCUT2D eigenvalue weighted by Crippen LogP contribution is 2.45. The van der Waals surface area contributed by atoms with Crippen molar-refractivity contribution < 1.29 is 24.2 Å². The summed E-state index contributed by atoms with van der Waals surface area (Å²) >= 11 is 0. The lowest BCUT2D eigenvalue weighted by molar-refractivity contribution is -0.149. The van der Waals surface area contributed by atoms with Crippen LogP contribution in [0.4, 0.5) is 6.01 Å². The highest BCUT2D eigenvalue weighted by molar-refractivity contribution is 5.91. The quantitative estimate of drug-likeness (QED) is 0.0440. The summed E-state index contributed by atoms with van der Waals surface area (Å²) in [6, 6.07) is 19.5. The summed E-state index contributed by atoms with van der Waals surface area (Å²) in [7, 11) is 0. The summed E-state index contributed by atoms with van der Waals surface area (Å²) in [5, 5.41) is 22.8. The largest absolute Gasteiger partial charge is 0.479 e. The monoisotopic (exact) mass is 853 g/mol. The van der Waals surface area contributed by atoms with Gasteiger partial charge >= 0.3 is 11.9 Å². The van der Waals surface area contributed by atoms with E-state index in [1.807, 2.05) is 74.5 Å². The molecule has 0 radical (unpaired) electrons. The Morgan fingerprint density at radius 1 is 0.516 bits per heavy atom. The van der Waals surface area contributed by atoms with Crippen molar-refractivity contribution >= 4 is 18.0 Å². The van der Waals surface area contributed by atoms with Gasteiger partial charge in [-0.3, -0.25) is 4.90 Å². The second kappa shape index (κ2) is 30.8. The highest BCUT2D eigenvalue weighted by atomic mass is 16.4. The van der Waals surface area contributed by atoms with Crippen LogP contribution in [0.15, 0.2) is 89.4 Å². The van der Waals surface area contributed by atoms with Gasteiger partial charge in [-0.15, -0.1) is 0 Å². The maximum atomic E-state index is 13.9. The third-order valence-electron chi connectivity index (χ3n) is 12.9. The van der Waals surface area contributed by atoms with E-state index in [4.69, 9.17) is 9.40 Å². The van der Waals surface area contributed by atoms with E-state index in [2.05, 4.69) is 38.2 Å². The van der Waals surface area contributed by atoms with Crippen LogP contribution in [0, 0.1) is 0 Å². The molecule has 7 nitrogen and oxygen atoms in total. The Labute approximate surface area is 376 Å². The molecule has 0 aliphatic heterocycles. The van der Waals surface area contributed by atoms with Crippen molar-refractivity contribution in [2.75, 3.05) is 4.90 Å². The minimum Gasteiger partial charge on any atom is -0.479 e. The molecule has 7 heteroatoms. The van der Waals surface area contributed by atoms with Gasteiger partial charge in [0.1, 0.15) is 16.8 Å². The summed E-state index contributed by atoms with van der Waals surface area (Å²) in [5.41, 5.74) is -0.935. The van der Waals surface area contributed by atoms with Gasteiger partial charge in [0.25, 0.3) is 6.01 Å². The number of carbonyl (C=O) groups is 2. The zero-order valence-corrected chi connectivity index (χ0v) is 39.4.